The van der Waals surface area contributed by atoms with Gasteiger partial charge in [-0.1, -0.05) is 6.07 Å². The lowest BCUT2D eigenvalue weighted by Crippen LogP contribution is -2.48. The molecule has 1 N–H and O–H groups in total. The third-order valence-corrected chi connectivity index (χ3v) is 5.81. The molecule has 0 radical (unpaired) electrons. The molecule has 0 atom stereocenters. The third-order valence-electron chi connectivity index (χ3n) is 4.87. The van der Waals surface area contributed by atoms with Crippen molar-refractivity contribution < 1.29 is 9.53 Å². The summed E-state index contributed by atoms with van der Waals surface area (Å²) in [5, 5.41) is 5.60. The zero-order chi connectivity index (χ0) is 20.6. The van der Waals surface area contributed by atoms with Crippen molar-refractivity contribution >= 4 is 47.4 Å². The highest BCUT2D eigenvalue weighted by atomic mass is 127. The summed E-state index contributed by atoms with van der Waals surface area (Å²) in [5.74, 6) is 1.49. The van der Waals surface area contributed by atoms with Crippen LogP contribution in [0.25, 0.3) is 0 Å². The number of guanidine groups is 1. The molecule has 1 saturated heterocycles. The first-order valence-corrected chi connectivity index (χ1v) is 11.2. The van der Waals surface area contributed by atoms with Gasteiger partial charge in [0.15, 0.2) is 5.96 Å². The summed E-state index contributed by atoms with van der Waals surface area (Å²) in [6.07, 6.45) is 2.94. The molecule has 6 nitrogen and oxygen atoms in total. The molecule has 8 heteroatoms. The molecule has 1 aromatic rings. The molecular formula is C21H37IN4O2S. The molecule has 29 heavy (non-hydrogen) atoms. The van der Waals surface area contributed by atoms with Gasteiger partial charge in [-0.2, -0.15) is 0 Å². The Morgan fingerprint density at radius 3 is 2.59 bits per heavy atom. The van der Waals surface area contributed by atoms with Crippen LogP contribution in [0, 0.1) is 5.92 Å². The minimum absolute atomic E-state index is 0. The Balaban J connectivity index is 0.00000420. The van der Waals surface area contributed by atoms with Crippen LogP contribution in [0.1, 0.15) is 45.4 Å². The number of halogens is 1. The summed E-state index contributed by atoms with van der Waals surface area (Å²) >= 11 is 1.80. The maximum absolute atomic E-state index is 12.4. The van der Waals surface area contributed by atoms with Gasteiger partial charge in [-0.15, -0.1) is 35.3 Å². The van der Waals surface area contributed by atoms with Gasteiger partial charge < -0.3 is 19.9 Å². The number of nitrogens with one attached hydrogen (secondary N) is 1. The number of likely N-dealkylation sites (tertiary alicyclic amines) is 1. The van der Waals surface area contributed by atoms with E-state index in [-0.39, 0.29) is 30.1 Å². The van der Waals surface area contributed by atoms with E-state index in [1.807, 2.05) is 39.6 Å². The smallest absolute Gasteiger partial charge is 0.410 e. The number of hydrogen-bond donors (Lipinski definition) is 1. The average Bonchev–Trinajstić information content (AvgIpc) is 3.16. The number of thiophene rings is 1. The first-order valence-electron chi connectivity index (χ1n) is 10.3. The Hall–Kier alpha value is -1.03. The fourth-order valence-corrected chi connectivity index (χ4v) is 4.09. The van der Waals surface area contributed by atoms with E-state index in [0.717, 1.165) is 51.4 Å². The predicted molar refractivity (Wildman–Crippen MR) is 133 cm³/mol. The van der Waals surface area contributed by atoms with Crippen molar-refractivity contribution in [3.63, 3.8) is 0 Å². The molecule has 0 bridgehead atoms. The Morgan fingerprint density at radius 1 is 1.38 bits per heavy atom. The van der Waals surface area contributed by atoms with Crippen molar-refractivity contribution in [1.29, 1.82) is 0 Å². The van der Waals surface area contributed by atoms with E-state index in [4.69, 9.17) is 4.74 Å². The molecule has 1 amide bonds. The molecule has 1 aromatic heterocycles. The van der Waals surface area contributed by atoms with Crippen LogP contribution in [-0.4, -0.2) is 67.2 Å². The van der Waals surface area contributed by atoms with E-state index >= 15 is 0 Å². The third kappa shape index (κ3) is 9.11. The SMILES string of the molecule is CCN(CC1CCN(C(=NC)NCCc2cccs2)CC1)C(=O)OC(C)(C)C.I. The highest BCUT2D eigenvalue weighted by Gasteiger charge is 2.27. The van der Waals surface area contributed by atoms with E-state index < -0.39 is 5.60 Å². The highest BCUT2D eigenvalue weighted by molar-refractivity contribution is 14.0. The van der Waals surface area contributed by atoms with Gasteiger partial charge in [-0.25, -0.2) is 4.79 Å². The topological polar surface area (TPSA) is 57.2 Å². The molecule has 0 unspecified atom stereocenters. The fourth-order valence-electron chi connectivity index (χ4n) is 3.38. The summed E-state index contributed by atoms with van der Waals surface area (Å²) in [6.45, 7) is 12.0. The van der Waals surface area contributed by atoms with Gasteiger partial charge in [0, 0.05) is 44.6 Å². The lowest BCUT2D eigenvalue weighted by molar-refractivity contribution is 0.0214. The number of nitrogens with zero attached hydrogens (tertiary/aromatic N) is 3. The number of aliphatic imine (C=N–C) groups is 1. The van der Waals surface area contributed by atoms with Crippen molar-refractivity contribution in [3.8, 4) is 0 Å². The lowest BCUT2D eigenvalue weighted by Gasteiger charge is -2.36. The van der Waals surface area contributed by atoms with Crippen LogP contribution in [-0.2, 0) is 11.2 Å². The van der Waals surface area contributed by atoms with Crippen LogP contribution >= 0.6 is 35.3 Å². The van der Waals surface area contributed by atoms with Crippen LogP contribution in [0.3, 0.4) is 0 Å². The van der Waals surface area contributed by atoms with Crippen LogP contribution in [0.4, 0.5) is 4.79 Å². The van der Waals surface area contributed by atoms with Gasteiger partial charge in [-0.3, -0.25) is 4.99 Å². The summed E-state index contributed by atoms with van der Waals surface area (Å²) in [4.78, 5) is 22.4. The normalized spacial score (nSPS) is 15.6. The average molecular weight is 537 g/mol. The van der Waals surface area contributed by atoms with Crippen LogP contribution in [0.2, 0.25) is 0 Å². The van der Waals surface area contributed by atoms with Crippen LogP contribution < -0.4 is 5.32 Å². The molecule has 2 rings (SSSR count). The van der Waals surface area contributed by atoms with Gasteiger partial charge in [0.2, 0.25) is 0 Å². The quantitative estimate of drug-likeness (QED) is 0.332. The standard InChI is InChI=1S/C21H36N4O2S.HI/c1-6-24(20(26)27-21(2,3)4)16-17-10-13-25(14-11-17)19(22-5)23-12-9-18-8-7-15-28-18;/h7-8,15,17H,6,9-14,16H2,1-5H3,(H,22,23);1H. The first-order chi connectivity index (χ1) is 13.3. The Labute approximate surface area is 197 Å². The molecule has 166 valence electrons. The van der Waals surface area contributed by atoms with Gasteiger partial charge in [0.1, 0.15) is 5.60 Å². The van der Waals surface area contributed by atoms with E-state index in [9.17, 15) is 4.79 Å². The van der Waals surface area contributed by atoms with Crippen molar-refractivity contribution in [1.82, 2.24) is 15.1 Å². The molecular weight excluding hydrogens is 499 g/mol. The fraction of sp³-hybridized carbons (Fsp3) is 0.714. The Kier molecular flexibility index (Phi) is 11.3. The number of hydrogen-bond acceptors (Lipinski definition) is 4. The molecule has 2 heterocycles. The van der Waals surface area contributed by atoms with Crippen molar-refractivity contribution in [2.24, 2.45) is 10.9 Å². The van der Waals surface area contributed by atoms with Gasteiger partial charge in [0.05, 0.1) is 0 Å². The van der Waals surface area contributed by atoms with E-state index in [2.05, 4.69) is 32.7 Å². The second-order valence-electron chi connectivity index (χ2n) is 8.25. The predicted octanol–water partition coefficient (Wildman–Crippen LogP) is 4.45. The summed E-state index contributed by atoms with van der Waals surface area (Å²) in [6, 6.07) is 4.27. The van der Waals surface area contributed by atoms with Gasteiger partial charge in [0.25, 0.3) is 0 Å². The number of amides is 1. The summed E-state index contributed by atoms with van der Waals surface area (Å²) < 4.78 is 5.53. The molecule has 0 aromatic carbocycles. The number of carbonyl (C=O) groups is 1. The van der Waals surface area contributed by atoms with Crippen molar-refractivity contribution in [2.45, 2.75) is 52.6 Å². The van der Waals surface area contributed by atoms with E-state index in [0.29, 0.717) is 12.5 Å². The zero-order valence-corrected chi connectivity index (χ0v) is 21.6. The maximum Gasteiger partial charge on any atom is 0.410 e. The first kappa shape index (κ1) is 26.0. The van der Waals surface area contributed by atoms with Crippen LogP contribution in [0.15, 0.2) is 22.5 Å². The Bertz CT molecular complexity index is 623. The Morgan fingerprint density at radius 2 is 2.07 bits per heavy atom. The maximum atomic E-state index is 12.4. The second kappa shape index (κ2) is 12.6. The molecule has 0 saturated carbocycles. The molecule has 0 spiro atoms. The summed E-state index contributed by atoms with van der Waals surface area (Å²) in [5.41, 5.74) is -0.449. The number of piperidine rings is 1. The number of ether oxygens (including phenoxy) is 1. The minimum Gasteiger partial charge on any atom is -0.444 e. The zero-order valence-electron chi connectivity index (χ0n) is 18.4. The molecule has 1 fully saturated rings. The van der Waals surface area contributed by atoms with Crippen molar-refractivity contribution in [2.75, 3.05) is 39.8 Å². The second-order valence-corrected chi connectivity index (χ2v) is 9.29. The monoisotopic (exact) mass is 536 g/mol. The van der Waals surface area contributed by atoms with Crippen LogP contribution in [0.5, 0.6) is 0 Å². The van der Waals surface area contributed by atoms with E-state index in [1.54, 1.807) is 11.3 Å². The molecule has 1 aliphatic rings. The lowest BCUT2D eigenvalue weighted by atomic mass is 9.96. The molecule has 0 aliphatic carbocycles. The summed E-state index contributed by atoms with van der Waals surface area (Å²) in [7, 11) is 1.85. The highest BCUT2D eigenvalue weighted by Crippen LogP contribution is 2.20. The van der Waals surface area contributed by atoms with Crippen molar-refractivity contribution in [3.05, 3.63) is 22.4 Å². The number of rotatable bonds is 6. The number of carbonyl (C=O) groups excluding carboxylic acids is 1. The largest absolute Gasteiger partial charge is 0.444 e. The van der Waals surface area contributed by atoms with Gasteiger partial charge in [-0.05, 0) is 64.3 Å². The van der Waals surface area contributed by atoms with Gasteiger partial charge >= 0.3 is 6.09 Å². The minimum atomic E-state index is -0.449. The van der Waals surface area contributed by atoms with E-state index in [1.165, 1.54) is 4.88 Å². The molecule has 1 aliphatic heterocycles.